The molecular formula is C20H22FN3OS. The van der Waals surface area contributed by atoms with Crippen molar-refractivity contribution in [3.63, 3.8) is 0 Å². The van der Waals surface area contributed by atoms with E-state index in [4.69, 9.17) is 5.10 Å². The monoisotopic (exact) mass is 371 g/mol. The molecule has 4 nitrogen and oxygen atoms in total. The molecule has 26 heavy (non-hydrogen) atoms. The number of aliphatic hydroxyl groups excluding tert-OH is 1. The van der Waals surface area contributed by atoms with Gasteiger partial charge in [0.05, 0.1) is 11.8 Å². The van der Waals surface area contributed by atoms with Crippen molar-refractivity contribution in [2.75, 3.05) is 13.1 Å². The molecule has 0 amide bonds. The van der Waals surface area contributed by atoms with Gasteiger partial charge in [-0.05, 0) is 38.5 Å². The van der Waals surface area contributed by atoms with Crippen molar-refractivity contribution >= 4 is 11.3 Å². The fraction of sp³-hybridized carbons (Fsp3) is 0.350. The predicted octanol–water partition coefficient (Wildman–Crippen LogP) is 3.92. The van der Waals surface area contributed by atoms with Gasteiger partial charge in [0.25, 0.3) is 0 Å². The molecule has 0 radical (unpaired) electrons. The third-order valence-electron chi connectivity index (χ3n) is 4.83. The average molecular weight is 371 g/mol. The Bertz CT molecular complexity index is 933. The van der Waals surface area contributed by atoms with E-state index in [0.29, 0.717) is 18.8 Å². The first kappa shape index (κ1) is 17.4. The second-order valence-electron chi connectivity index (χ2n) is 6.90. The Morgan fingerprint density at radius 2 is 2.12 bits per heavy atom. The first-order valence-corrected chi connectivity index (χ1v) is 9.64. The number of aryl methyl sites for hydroxylation is 2. The Kier molecular flexibility index (Phi) is 4.65. The largest absolute Gasteiger partial charge is 0.392 e. The maximum Gasteiger partial charge on any atom is 0.148 e. The summed E-state index contributed by atoms with van der Waals surface area (Å²) < 4.78 is 15.9. The third-order valence-corrected chi connectivity index (χ3v) is 5.79. The maximum atomic E-state index is 14.3. The molecule has 0 bridgehead atoms. The molecule has 2 aromatic heterocycles. The van der Waals surface area contributed by atoms with Gasteiger partial charge in [0, 0.05) is 46.7 Å². The van der Waals surface area contributed by atoms with Gasteiger partial charge < -0.3 is 5.11 Å². The van der Waals surface area contributed by atoms with E-state index in [1.54, 1.807) is 28.2 Å². The van der Waals surface area contributed by atoms with E-state index in [9.17, 15) is 9.50 Å². The first-order chi connectivity index (χ1) is 12.5. The van der Waals surface area contributed by atoms with Crippen LogP contribution in [-0.4, -0.2) is 39.0 Å². The fourth-order valence-corrected chi connectivity index (χ4v) is 4.50. The van der Waals surface area contributed by atoms with Crippen LogP contribution in [0.3, 0.4) is 0 Å². The summed E-state index contributed by atoms with van der Waals surface area (Å²) in [6.45, 7) is 6.43. The number of aromatic nitrogens is 2. The van der Waals surface area contributed by atoms with Crippen molar-refractivity contribution in [3.05, 3.63) is 57.7 Å². The molecule has 4 rings (SSSR count). The fourth-order valence-electron chi connectivity index (χ4n) is 3.58. The van der Waals surface area contributed by atoms with Crippen LogP contribution in [0.5, 0.6) is 0 Å². The predicted molar refractivity (Wildman–Crippen MR) is 102 cm³/mol. The molecule has 0 aliphatic carbocycles. The van der Waals surface area contributed by atoms with Crippen molar-refractivity contribution in [2.24, 2.45) is 0 Å². The summed E-state index contributed by atoms with van der Waals surface area (Å²) in [7, 11) is 0. The summed E-state index contributed by atoms with van der Waals surface area (Å²) in [6, 6.07) is 8.84. The Balaban J connectivity index is 1.77. The van der Waals surface area contributed by atoms with Crippen LogP contribution >= 0.6 is 11.3 Å². The van der Waals surface area contributed by atoms with Gasteiger partial charge in [-0.1, -0.05) is 12.1 Å². The van der Waals surface area contributed by atoms with Crippen molar-refractivity contribution in [3.8, 4) is 16.9 Å². The number of thiophene rings is 1. The van der Waals surface area contributed by atoms with E-state index < -0.39 is 0 Å². The molecule has 3 aromatic rings. The van der Waals surface area contributed by atoms with Gasteiger partial charge >= 0.3 is 0 Å². The minimum absolute atomic E-state index is 0.259. The Morgan fingerprint density at radius 1 is 1.31 bits per heavy atom. The van der Waals surface area contributed by atoms with E-state index >= 15 is 0 Å². The van der Waals surface area contributed by atoms with E-state index in [-0.39, 0.29) is 11.9 Å². The van der Waals surface area contributed by atoms with E-state index in [2.05, 4.69) is 24.8 Å². The second kappa shape index (κ2) is 6.95. The molecule has 1 aromatic carbocycles. The number of likely N-dealkylation sites (tertiary alicyclic amines) is 1. The highest BCUT2D eigenvalue weighted by Crippen LogP contribution is 2.33. The number of hydrogen-bond acceptors (Lipinski definition) is 4. The molecule has 0 unspecified atom stereocenters. The van der Waals surface area contributed by atoms with Crippen LogP contribution in [0, 0.1) is 19.7 Å². The number of nitrogens with zero attached hydrogens (tertiary/aromatic N) is 3. The number of rotatable bonds is 4. The first-order valence-electron chi connectivity index (χ1n) is 8.82. The van der Waals surface area contributed by atoms with Crippen LogP contribution in [0.25, 0.3) is 16.9 Å². The van der Waals surface area contributed by atoms with Gasteiger partial charge in [-0.3, -0.25) is 4.90 Å². The normalized spacial score (nSPS) is 17.9. The topological polar surface area (TPSA) is 41.3 Å². The van der Waals surface area contributed by atoms with Gasteiger partial charge in [-0.25, -0.2) is 9.07 Å². The summed E-state index contributed by atoms with van der Waals surface area (Å²) in [6.07, 6.45) is 2.46. The molecule has 136 valence electrons. The summed E-state index contributed by atoms with van der Waals surface area (Å²) in [5, 5.41) is 14.6. The molecule has 1 fully saturated rings. The Morgan fingerprint density at radius 3 is 2.77 bits per heavy atom. The number of hydrogen-bond donors (Lipinski definition) is 1. The summed E-state index contributed by atoms with van der Waals surface area (Å²) in [5.41, 5.74) is 3.52. The van der Waals surface area contributed by atoms with Crippen LogP contribution in [0.15, 0.2) is 36.5 Å². The number of benzene rings is 1. The number of halogens is 1. The van der Waals surface area contributed by atoms with Crippen LogP contribution < -0.4 is 0 Å². The molecule has 1 atom stereocenters. The van der Waals surface area contributed by atoms with Crippen LogP contribution in [0.1, 0.15) is 21.7 Å². The van der Waals surface area contributed by atoms with Crippen LogP contribution in [0.2, 0.25) is 0 Å². The third kappa shape index (κ3) is 3.32. The number of para-hydroxylation sites is 1. The quantitative estimate of drug-likeness (QED) is 0.756. The number of β-amino-alcohol motifs (C(OH)–C–C–N with tert-alkyl or cyclic N) is 1. The van der Waals surface area contributed by atoms with Gasteiger partial charge in [0.15, 0.2) is 0 Å². The summed E-state index contributed by atoms with van der Waals surface area (Å²) >= 11 is 1.75. The lowest BCUT2D eigenvalue weighted by molar-refractivity contribution is 0.175. The van der Waals surface area contributed by atoms with Crippen molar-refractivity contribution < 1.29 is 9.50 Å². The molecule has 0 spiro atoms. The van der Waals surface area contributed by atoms with E-state index in [1.807, 2.05) is 12.3 Å². The lowest BCUT2D eigenvalue weighted by atomic mass is 10.1. The molecule has 0 saturated carbocycles. The lowest BCUT2D eigenvalue weighted by Crippen LogP contribution is -2.21. The molecule has 1 aliphatic rings. The summed E-state index contributed by atoms with van der Waals surface area (Å²) in [5.74, 6) is -0.289. The minimum atomic E-state index is -0.289. The van der Waals surface area contributed by atoms with Gasteiger partial charge in [-0.15, -0.1) is 11.3 Å². The standard InChI is InChI=1S/C20H22FN3OS/c1-13-9-17(14(2)26-13)20-15(10-23-8-7-16(25)12-23)11-24(22-20)19-6-4-3-5-18(19)21/h3-6,9,11,16,25H,7-8,10,12H2,1-2H3/t16-/m1/s1. The molecule has 6 heteroatoms. The van der Waals surface area contributed by atoms with Gasteiger partial charge in [-0.2, -0.15) is 5.10 Å². The zero-order valence-electron chi connectivity index (χ0n) is 14.9. The van der Waals surface area contributed by atoms with Crippen molar-refractivity contribution in [2.45, 2.75) is 32.9 Å². The van der Waals surface area contributed by atoms with Crippen molar-refractivity contribution in [1.29, 1.82) is 0 Å². The maximum absolute atomic E-state index is 14.3. The lowest BCUT2D eigenvalue weighted by Gasteiger charge is -2.14. The molecule has 3 heterocycles. The Hall–Kier alpha value is -2.02. The molecular weight excluding hydrogens is 349 g/mol. The highest BCUT2D eigenvalue weighted by atomic mass is 32.1. The number of aliphatic hydroxyl groups is 1. The second-order valence-corrected chi connectivity index (χ2v) is 8.36. The molecule has 1 aliphatic heterocycles. The van der Waals surface area contributed by atoms with Gasteiger partial charge in [0.2, 0.25) is 0 Å². The van der Waals surface area contributed by atoms with E-state index in [1.165, 1.54) is 15.8 Å². The average Bonchev–Trinajstić information content (AvgIpc) is 3.28. The minimum Gasteiger partial charge on any atom is -0.392 e. The highest BCUT2D eigenvalue weighted by molar-refractivity contribution is 7.12. The highest BCUT2D eigenvalue weighted by Gasteiger charge is 2.24. The van der Waals surface area contributed by atoms with Crippen LogP contribution in [-0.2, 0) is 6.54 Å². The molecule has 1 saturated heterocycles. The zero-order chi connectivity index (χ0) is 18.3. The van der Waals surface area contributed by atoms with Crippen LogP contribution in [0.4, 0.5) is 4.39 Å². The smallest absolute Gasteiger partial charge is 0.148 e. The SMILES string of the molecule is Cc1cc(-c2nn(-c3ccccc3F)cc2CN2CC[C@@H](O)C2)c(C)s1. The molecule has 1 N–H and O–H groups in total. The van der Waals surface area contributed by atoms with Crippen molar-refractivity contribution in [1.82, 2.24) is 14.7 Å². The van der Waals surface area contributed by atoms with E-state index in [0.717, 1.165) is 29.8 Å². The Labute approximate surface area is 156 Å². The zero-order valence-corrected chi connectivity index (χ0v) is 15.8. The van der Waals surface area contributed by atoms with Gasteiger partial charge in [0.1, 0.15) is 11.5 Å². The summed E-state index contributed by atoms with van der Waals surface area (Å²) in [4.78, 5) is 4.68.